The van der Waals surface area contributed by atoms with Crippen molar-refractivity contribution in [3.63, 3.8) is 0 Å². The summed E-state index contributed by atoms with van der Waals surface area (Å²) in [6.07, 6.45) is 7.95. The molecule has 1 nitrogen and oxygen atoms in total. The number of aliphatic hydroxyl groups excluding tert-OH is 1. The van der Waals surface area contributed by atoms with Gasteiger partial charge in [0.25, 0.3) is 0 Å². The Morgan fingerprint density at radius 3 is 1.92 bits per heavy atom. The van der Waals surface area contributed by atoms with Crippen molar-refractivity contribution in [2.24, 2.45) is 17.3 Å². The van der Waals surface area contributed by atoms with Crippen LogP contribution in [0.2, 0.25) is 0 Å². The van der Waals surface area contributed by atoms with Gasteiger partial charge < -0.3 is 5.11 Å². The second-order valence-electron chi connectivity index (χ2n) is 5.53. The predicted molar refractivity (Wildman–Crippen MR) is 54.5 cm³/mol. The number of hydrogen-bond acceptors (Lipinski definition) is 1. The van der Waals surface area contributed by atoms with E-state index in [9.17, 15) is 5.11 Å². The molecule has 1 N–H and O–H groups in total. The van der Waals surface area contributed by atoms with E-state index < -0.39 is 0 Å². The molecule has 3 aliphatic rings. The molecule has 0 amide bonds. The standard InChI is InChI=1S/C12H22O/c1-9(2)11(13)12-6-3-10(4-7-12)5-8-12/h9-11,13H,3-8H2,1-2H3/t10?,11-,12?/m0/s1. The van der Waals surface area contributed by atoms with Crippen LogP contribution in [0.25, 0.3) is 0 Å². The maximum absolute atomic E-state index is 10.2. The van der Waals surface area contributed by atoms with Crippen LogP contribution in [0.4, 0.5) is 0 Å². The van der Waals surface area contributed by atoms with Crippen LogP contribution in [-0.4, -0.2) is 11.2 Å². The van der Waals surface area contributed by atoms with E-state index in [-0.39, 0.29) is 6.10 Å². The van der Waals surface area contributed by atoms with Crippen molar-refractivity contribution in [3.05, 3.63) is 0 Å². The van der Waals surface area contributed by atoms with Gasteiger partial charge in [-0.3, -0.25) is 0 Å². The first-order valence-corrected chi connectivity index (χ1v) is 5.82. The molecule has 1 atom stereocenters. The smallest absolute Gasteiger partial charge is 0.0619 e. The second-order valence-corrected chi connectivity index (χ2v) is 5.53. The number of fused-ring (bicyclic) bond motifs is 3. The van der Waals surface area contributed by atoms with Crippen molar-refractivity contribution in [1.82, 2.24) is 0 Å². The summed E-state index contributed by atoms with van der Waals surface area (Å²) in [7, 11) is 0. The van der Waals surface area contributed by atoms with Gasteiger partial charge in [0.1, 0.15) is 0 Å². The van der Waals surface area contributed by atoms with Gasteiger partial charge in [-0.1, -0.05) is 13.8 Å². The third-order valence-corrected chi connectivity index (χ3v) is 4.41. The van der Waals surface area contributed by atoms with Crippen molar-refractivity contribution < 1.29 is 5.11 Å². The molecule has 0 spiro atoms. The first-order valence-electron chi connectivity index (χ1n) is 5.82. The fourth-order valence-electron chi connectivity index (χ4n) is 3.43. The summed E-state index contributed by atoms with van der Waals surface area (Å²) >= 11 is 0. The van der Waals surface area contributed by atoms with Crippen LogP contribution >= 0.6 is 0 Å². The summed E-state index contributed by atoms with van der Waals surface area (Å²) in [6.45, 7) is 4.31. The van der Waals surface area contributed by atoms with Gasteiger partial charge in [-0.2, -0.15) is 0 Å². The van der Waals surface area contributed by atoms with Gasteiger partial charge in [0, 0.05) is 0 Å². The van der Waals surface area contributed by atoms with E-state index in [4.69, 9.17) is 0 Å². The van der Waals surface area contributed by atoms with E-state index in [0.29, 0.717) is 11.3 Å². The average molecular weight is 182 g/mol. The quantitative estimate of drug-likeness (QED) is 0.696. The van der Waals surface area contributed by atoms with Gasteiger partial charge in [-0.25, -0.2) is 0 Å². The molecule has 0 aromatic heterocycles. The topological polar surface area (TPSA) is 20.2 Å². The minimum atomic E-state index is -0.0475. The van der Waals surface area contributed by atoms with E-state index in [1.807, 2.05) is 0 Å². The SMILES string of the molecule is CC(C)[C@H](O)C12CCC(CC1)CC2. The first kappa shape index (κ1) is 9.51. The van der Waals surface area contributed by atoms with E-state index in [1.54, 1.807) is 0 Å². The number of hydrogen-bond donors (Lipinski definition) is 1. The van der Waals surface area contributed by atoms with Crippen LogP contribution in [0.1, 0.15) is 52.4 Å². The molecule has 0 unspecified atom stereocenters. The van der Waals surface area contributed by atoms with Gasteiger partial charge in [-0.15, -0.1) is 0 Å². The Morgan fingerprint density at radius 2 is 1.54 bits per heavy atom. The third-order valence-electron chi connectivity index (χ3n) is 4.41. The van der Waals surface area contributed by atoms with Crippen molar-refractivity contribution in [2.75, 3.05) is 0 Å². The first-order chi connectivity index (χ1) is 6.14. The fourth-order valence-corrected chi connectivity index (χ4v) is 3.43. The highest BCUT2D eigenvalue weighted by Gasteiger charge is 2.45. The molecule has 0 aromatic rings. The zero-order valence-corrected chi connectivity index (χ0v) is 8.92. The van der Waals surface area contributed by atoms with Gasteiger partial charge in [0.05, 0.1) is 6.10 Å². The Balaban J connectivity index is 2.09. The largest absolute Gasteiger partial charge is 0.392 e. The summed E-state index contributed by atoms with van der Waals surface area (Å²) in [6, 6.07) is 0. The molecular formula is C12H22O. The van der Waals surface area contributed by atoms with Crippen LogP contribution < -0.4 is 0 Å². The van der Waals surface area contributed by atoms with Gasteiger partial charge in [-0.05, 0) is 55.8 Å². The maximum Gasteiger partial charge on any atom is 0.0619 e. The Morgan fingerprint density at radius 1 is 1.08 bits per heavy atom. The molecule has 76 valence electrons. The lowest BCUT2D eigenvalue weighted by Gasteiger charge is -2.50. The van der Waals surface area contributed by atoms with E-state index >= 15 is 0 Å². The summed E-state index contributed by atoms with van der Waals surface area (Å²) in [5, 5.41) is 10.2. The molecule has 2 bridgehead atoms. The Bertz CT molecular complexity index is 164. The van der Waals surface area contributed by atoms with Crippen LogP contribution in [-0.2, 0) is 0 Å². The van der Waals surface area contributed by atoms with Gasteiger partial charge in [0.15, 0.2) is 0 Å². The number of rotatable bonds is 2. The monoisotopic (exact) mass is 182 g/mol. The lowest BCUT2D eigenvalue weighted by Crippen LogP contribution is -2.45. The highest BCUT2D eigenvalue weighted by molar-refractivity contribution is 4.96. The molecule has 3 fully saturated rings. The molecule has 3 aliphatic carbocycles. The van der Waals surface area contributed by atoms with Gasteiger partial charge >= 0.3 is 0 Å². The van der Waals surface area contributed by atoms with Crippen molar-refractivity contribution in [1.29, 1.82) is 0 Å². The molecule has 3 rings (SSSR count). The lowest BCUT2D eigenvalue weighted by atomic mass is 9.57. The average Bonchev–Trinajstić information content (AvgIpc) is 2.19. The molecule has 3 saturated carbocycles. The second kappa shape index (κ2) is 3.27. The van der Waals surface area contributed by atoms with Crippen LogP contribution in [0, 0.1) is 17.3 Å². The summed E-state index contributed by atoms with van der Waals surface area (Å²) in [4.78, 5) is 0. The molecule has 0 radical (unpaired) electrons. The van der Waals surface area contributed by atoms with Crippen molar-refractivity contribution in [2.45, 2.75) is 58.5 Å². The Hall–Kier alpha value is -0.0400. The lowest BCUT2D eigenvalue weighted by molar-refractivity contribution is -0.0750. The Kier molecular flexibility index (Phi) is 2.39. The molecule has 0 heterocycles. The molecule has 0 aromatic carbocycles. The van der Waals surface area contributed by atoms with Gasteiger partial charge in [0.2, 0.25) is 0 Å². The zero-order chi connectivity index (χ0) is 9.47. The molecular weight excluding hydrogens is 160 g/mol. The van der Waals surface area contributed by atoms with Crippen LogP contribution in [0.15, 0.2) is 0 Å². The molecule has 1 heteroatoms. The normalized spacial score (nSPS) is 41.1. The fraction of sp³-hybridized carbons (Fsp3) is 1.00. The zero-order valence-electron chi connectivity index (χ0n) is 8.92. The Labute approximate surface area is 81.5 Å². The van der Waals surface area contributed by atoms with Crippen molar-refractivity contribution >= 4 is 0 Å². The maximum atomic E-state index is 10.2. The minimum absolute atomic E-state index is 0.0475. The summed E-state index contributed by atoms with van der Waals surface area (Å²) < 4.78 is 0. The third kappa shape index (κ3) is 1.52. The summed E-state index contributed by atoms with van der Waals surface area (Å²) in [5.41, 5.74) is 0.322. The summed E-state index contributed by atoms with van der Waals surface area (Å²) in [5.74, 6) is 1.44. The van der Waals surface area contributed by atoms with E-state index in [2.05, 4.69) is 13.8 Å². The van der Waals surface area contributed by atoms with Crippen LogP contribution in [0.5, 0.6) is 0 Å². The molecule has 0 aliphatic heterocycles. The predicted octanol–water partition coefficient (Wildman–Crippen LogP) is 2.97. The van der Waals surface area contributed by atoms with E-state index in [0.717, 1.165) is 5.92 Å². The molecule has 0 saturated heterocycles. The highest BCUT2D eigenvalue weighted by Crippen LogP contribution is 2.53. The molecule has 13 heavy (non-hydrogen) atoms. The highest BCUT2D eigenvalue weighted by atomic mass is 16.3. The van der Waals surface area contributed by atoms with Crippen LogP contribution in [0.3, 0.4) is 0 Å². The number of aliphatic hydroxyl groups is 1. The minimum Gasteiger partial charge on any atom is -0.392 e. The van der Waals surface area contributed by atoms with Crippen molar-refractivity contribution in [3.8, 4) is 0 Å². The van der Waals surface area contributed by atoms with E-state index in [1.165, 1.54) is 38.5 Å².